The van der Waals surface area contributed by atoms with Crippen molar-refractivity contribution in [3.8, 4) is 0 Å². The lowest BCUT2D eigenvalue weighted by Gasteiger charge is -2.33. The van der Waals surface area contributed by atoms with Crippen LogP contribution in [0, 0.1) is 0 Å². The molecule has 26 heavy (non-hydrogen) atoms. The predicted molar refractivity (Wildman–Crippen MR) is 104 cm³/mol. The number of anilines is 2. The lowest BCUT2D eigenvalue weighted by Crippen LogP contribution is -2.41. The number of nitrogens with one attached hydrogen (secondary N) is 1. The van der Waals surface area contributed by atoms with Gasteiger partial charge in [-0.25, -0.2) is 14.8 Å². The van der Waals surface area contributed by atoms with Crippen LogP contribution >= 0.6 is 22.9 Å². The molecule has 1 aliphatic heterocycles. The van der Waals surface area contributed by atoms with E-state index in [1.54, 1.807) is 11.1 Å². The zero-order valence-electron chi connectivity index (χ0n) is 15.2. The molecule has 6 nitrogen and oxygen atoms in total. The number of pyridine rings is 1. The highest BCUT2D eigenvalue weighted by atomic mass is 35.5. The van der Waals surface area contributed by atoms with Gasteiger partial charge < -0.3 is 15.0 Å². The van der Waals surface area contributed by atoms with Crippen LogP contribution in [-0.2, 0) is 4.74 Å². The third-order valence-corrected chi connectivity index (χ3v) is 5.08. The smallest absolute Gasteiger partial charge is 0.410 e. The zero-order chi connectivity index (χ0) is 18.7. The lowest BCUT2D eigenvalue weighted by atomic mass is 9.93. The molecule has 1 fully saturated rings. The lowest BCUT2D eigenvalue weighted by molar-refractivity contribution is 0.0204. The SMILES string of the molecule is CC(C)(C)OC(=O)N1CCC(c2cccc(Nc3ncc(Cl)s3)n2)CC1. The van der Waals surface area contributed by atoms with Crippen molar-refractivity contribution in [2.24, 2.45) is 0 Å². The van der Waals surface area contributed by atoms with Gasteiger partial charge in [-0.3, -0.25) is 0 Å². The van der Waals surface area contributed by atoms with Crippen molar-refractivity contribution in [2.75, 3.05) is 18.4 Å². The minimum Gasteiger partial charge on any atom is -0.444 e. The van der Waals surface area contributed by atoms with Gasteiger partial charge in [0.15, 0.2) is 5.13 Å². The van der Waals surface area contributed by atoms with E-state index in [0.29, 0.717) is 23.3 Å². The molecule has 1 amide bonds. The Kier molecular flexibility index (Phi) is 5.67. The van der Waals surface area contributed by atoms with E-state index < -0.39 is 5.60 Å². The second-order valence-electron chi connectivity index (χ2n) is 7.28. The Labute approximate surface area is 162 Å². The third-order valence-electron chi connectivity index (χ3n) is 4.05. The molecule has 3 heterocycles. The highest BCUT2D eigenvalue weighted by molar-refractivity contribution is 7.19. The monoisotopic (exact) mass is 394 g/mol. The molecule has 1 saturated heterocycles. The van der Waals surface area contributed by atoms with Crippen LogP contribution in [-0.4, -0.2) is 39.7 Å². The predicted octanol–water partition coefficient (Wildman–Crippen LogP) is 5.05. The van der Waals surface area contributed by atoms with Gasteiger partial charge in [-0.1, -0.05) is 29.0 Å². The molecule has 0 spiro atoms. The summed E-state index contributed by atoms with van der Waals surface area (Å²) >= 11 is 7.29. The van der Waals surface area contributed by atoms with Gasteiger partial charge in [0, 0.05) is 24.7 Å². The standard InChI is InChI=1S/C18H23ClN4O2S/c1-18(2,3)25-17(24)23-9-7-12(8-10-23)13-5-4-6-15(21-13)22-16-20-11-14(19)26-16/h4-6,11-12H,7-10H2,1-3H3,(H,20,21,22). The molecule has 0 radical (unpaired) electrons. The molecule has 3 rings (SSSR count). The van der Waals surface area contributed by atoms with E-state index in [0.717, 1.165) is 29.5 Å². The van der Waals surface area contributed by atoms with Crippen molar-refractivity contribution in [3.63, 3.8) is 0 Å². The van der Waals surface area contributed by atoms with Crippen LogP contribution in [0.3, 0.4) is 0 Å². The number of thiazole rings is 1. The van der Waals surface area contributed by atoms with Crippen LogP contribution in [0.2, 0.25) is 4.34 Å². The van der Waals surface area contributed by atoms with Crippen LogP contribution in [0.4, 0.5) is 15.7 Å². The summed E-state index contributed by atoms with van der Waals surface area (Å²) in [5.74, 6) is 1.08. The summed E-state index contributed by atoms with van der Waals surface area (Å²) < 4.78 is 6.09. The van der Waals surface area contributed by atoms with E-state index in [4.69, 9.17) is 21.3 Å². The van der Waals surface area contributed by atoms with E-state index in [9.17, 15) is 4.79 Å². The number of amides is 1. The number of halogens is 1. The van der Waals surface area contributed by atoms with Crippen molar-refractivity contribution < 1.29 is 9.53 Å². The fourth-order valence-electron chi connectivity index (χ4n) is 2.85. The second kappa shape index (κ2) is 7.80. The van der Waals surface area contributed by atoms with E-state index >= 15 is 0 Å². The summed E-state index contributed by atoms with van der Waals surface area (Å²) in [4.78, 5) is 22.9. The van der Waals surface area contributed by atoms with Crippen molar-refractivity contribution >= 4 is 40.0 Å². The fraction of sp³-hybridized carbons (Fsp3) is 0.500. The molecule has 0 bridgehead atoms. The van der Waals surface area contributed by atoms with Crippen molar-refractivity contribution in [1.29, 1.82) is 0 Å². The molecule has 0 aromatic carbocycles. The molecular weight excluding hydrogens is 372 g/mol. The number of hydrogen-bond acceptors (Lipinski definition) is 6. The average molecular weight is 395 g/mol. The summed E-state index contributed by atoms with van der Waals surface area (Å²) in [7, 11) is 0. The number of carbonyl (C=O) groups excluding carboxylic acids is 1. The Morgan fingerprint density at radius 3 is 2.69 bits per heavy atom. The van der Waals surface area contributed by atoms with Crippen LogP contribution in [0.25, 0.3) is 0 Å². The van der Waals surface area contributed by atoms with Gasteiger partial charge in [-0.05, 0) is 45.7 Å². The van der Waals surface area contributed by atoms with Crippen LogP contribution in [0.5, 0.6) is 0 Å². The van der Waals surface area contributed by atoms with Crippen LogP contribution in [0.15, 0.2) is 24.4 Å². The van der Waals surface area contributed by atoms with Gasteiger partial charge in [0.05, 0.1) is 6.20 Å². The minimum atomic E-state index is -0.464. The van der Waals surface area contributed by atoms with Crippen LogP contribution < -0.4 is 5.32 Å². The summed E-state index contributed by atoms with van der Waals surface area (Å²) in [5.41, 5.74) is 0.565. The molecular formula is C18H23ClN4O2S. The van der Waals surface area contributed by atoms with Crippen molar-refractivity contribution in [1.82, 2.24) is 14.9 Å². The molecule has 0 aliphatic carbocycles. The van der Waals surface area contributed by atoms with Crippen LogP contribution in [0.1, 0.15) is 45.2 Å². The van der Waals surface area contributed by atoms with Gasteiger partial charge in [0.25, 0.3) is 0 Å². The number of piperidine rings is 1. The first-order chi connectivity index (χ1) is 12.3. The summed E-state index contributed by atoms with van der Waals surface area (Å²) in [6.45, 7) is 7.02. The first kappa shape index (κ1) is 18.9. The topological polar surface area (TPSA) is 67.3 Å². The molecule has 2 aromatic heterocycles. The average Bonchev–Trinajstić information content (AvgIpc) is 2.98. The third kappa shape index (κ3) is 5.08. The second-order valence-corrected chi connectivity index (χ2v) is 8.95. The number of ether oxygens (including phenoxy) is 1. The normalized spacial score (nSPS) is 15.8. The quantitative estimate of drug-likeness (QED) is 0.788. The van der Waals surface area contributed by atoms with Gasteiger partial charge in [0.1, 0.15) is 15.8 Å². The fourth-order valence-corrected chi connectivity index (χ4v) is 3.67. The number of nitrogens with zero attached hydrogens (tertiary/aromatic N) is 3. The molecule has 8 heteroatoms. The highest BCUT2D eigenvalue weighted by Crippen LogP contribution is 2.30. The molecule has 0 unspecified atom stereocenters. The molecule has 0 saturated carbocycles. The van der Waals surface area contributed by atoms with E-state index in [2.05, 4.69) is 10.3 Å². The van der Waals surface area contributed by atoms with Gasteiger partial charge >= 0.3 is 6.09 Å². The summed E-state index contributed by atoms with van der Waals surface area (Å²) in [5, 5.41) is 3.91. The maximum Gasteiger partial charge on any atom is 0.410 e. The first-order valence-electron chi connectivity index (χ1n) is 8.63. The molecule has 2 aromatic rings. The van der Waals surface area contributed by atoms with E-state index in [1.165, 1.54) is 11.3 Å². The summed E-state index contributed by atoms with van der Waals surface area (Å²) in [6.07, 6.45) is 3.13. The summed E-state index contributed by atoms with van der Waals surface area (Å²) in [6, 6.07) is 5.93. The number of carbonyl (C=O) groups is 1. The maximum atomic E-state index is 12.2. The molecule has 0 atom stereocenters. The number of hydrogen-bond donors (Lipinski definition) is 1. The van der Waals surface area contributed by atoms with Gasteiger partial charge in [-0.15, -0.1) is 0 Å². The Balaban J connectivity index is 1.59. The molecule has 1 N–H and O–H groups in total. The number of likely N-dealkylation sites (tertiary alicyclic amines) is 1. The van der Waals surface area contributed by atoms with E-state index in [-0.39, 0.29) is 6.09 Å². The minimum absolute atomic E-state index is 0.236. The zero-order valence-corrected chi connectivity index (χ0v) is 16.7. The van der Waals surface area contributed by atoms with Crippen molar-refractivity contribution in [2.45, 2.75) is 45.1 Å². The van der Waals surface area contributed by atoms with Crippen molar-refractivity contribution in [3.05, 3.63) is 34.4 Å². The molecule has 140 valence electrons. The Hall–Kier alpha value is -1.86. The largest absolute Gasteiger partial charge is 0.444 e. The first-order valence-corrected chi connectivity index (χ1v) is 9.83. The maximum absolute atomic E-state index is 12.2. The molecule has 1 aliphatic rings. The van der Waals surface area contributed by atoms with Gasteiger partial charge in [-0.2, -0.15) is 0 Å². The number of rotatable bonds is 3. The Morgan fingerprint density at radius 1 is 1.35 bits per heavy atom. The highest BCUT2D eigenvalue weighted by Gasteiger charge is 2.28. The Bertz CT molecular complexity index is 767. The Morgan fingerprint density at radius 2 is 2.08 bits per heavy atom. The number of aromatic nitrogens is 2. The van der Waals surface area contributed by atoms with Gasteiger partial charge in [0.2, 0.25) is 0 Å². The van der Waals surface area contributed by atoms with E-state index in [1.807, 2.05) is 39.0 Å².